The van der Waals surface area contributed by atoms with Crippen LogP contribution < -0.4 is 0 Å². The summed E-state index contributed by atoms with van der Waals surface area (Å²) in [5.41, 5.74) is 0. The fraction of sp³-hybridized carbons (Fsp3) is 0.500. The summed E-state index contributed by atoms with van der Waals surface area (Å²) in [6, 6.07) is 0. The molecule has 0 spiro atoms. The molecular formula is C8H13ClN2O2. The zero-order chi connectivity index (χ0) is 8.97. The van der Waals surface area contributed by atoms with Crippen molar-refractivity contribution < 1.29 is 9.90 Å². The van der Waals surface area contributed by atoms with Gasteiger partial charge >= 0.3 is 5.97 Å². The van der Waals surface area contributed by atoms with Crippen molar-refractivity contribution in [2.24, 2.45) is 0 Å². The minimum absolute atomic E-state index is 0. The van der Waals surface area contributed by atoms with Crippen LogP contribution in [0.2, 0.25) is 0 Å². The Morgan fingerprint density at radius 3 is 2.92 bits per heavy atom. The first-order chi connectivity index (χ1) is 5.74. The standard InChI is InChI=1S/C8H12N2O2.ClH/c1-2-3-7-9-4-5-10(7)6-8(11)12;/h4-5H,2-3,6H2,1H3,(H,11,12);1H. The number of rotatable bonds is 4. The minimum atomic E-state index is -0.828. The highest BCUT2D eigenvalue weighted by Crippen LogP contribution is 2.00. The predicted molar refractivity (Wildman–Crippen MR) is 51.1 cm³/mol. The van der Waals surface area contributed by atoms with E-state index in [0.29, 0.717) is 0 Å². The van der Waals surface area contributed by atoms with Gasteiger partial charge in [0.05, 0.1) is 0 Å². The molecular weight excluding hydrogens is 192 g/mol. The predicted octanol–water partition coefficient (Wildman–Crippen LogP) is 1.34. The van der Waals surface area contributed by atoms with Crippen LogP contribution in [0.1, 0.15) is 19.2 Å². The number of imidazole rings is 1. The lowest BCUT2D eigenvalue weighted by Crippen LogP contribution is -2.10. The summed E-state index contributed by atoms with van der Waals surface area (Å²) >= 11 is 0. The molecule has 1 N–H and O–H groups in total. The van der Waals surface area contributed by atoms with Crippen molar-refractivity contribution in [3.63, 3.8) is 0 Å². The van der Waals surface area contributed by atoms with Gasteiger partial charge in [-0.2, -0.15) is 0 Å². The molecule has 74 valence electrons. The molecule has 0 aliphatic carbocycles. The van der Waals surface area contributed by atoms with E-state index in [4.69, 9.17) is 5.11 Å². The molecule has 0 aromatic carbocycles. The summed E-state index contributed by atoms with van der Waals surface area (Å²) in [5, 5.41) is 8.53. The quantitative estimate of drug-likeness (QED) is 0.806. The highest BCUT2D eigenvalue weighted by molar-refractivity contribution is 5.85. The lowest BCUT2D eigenvalue weighted by Gasteiger charge is -2.02. The van der Waals surface area contributed by atoms with Crippen LogP contribution in [0.15, 0.2) is 12.4 Å². The van der Waals surface area contributed by atoms with Gasteiger partial charge in [0, 0.05) is 18.8 Å². The summed E-state index contributed by atoms with van der Waals surface area (Å²) in [5.74, 6) is 0.0188. The molecule has 0 aliphatic rings. The van der Waals surface area contributed by atoms with Crippen LogP contribution in [0.4, 0.5) is 0 Å². The van der Waals surface area contributed by atoms with Crippen LogP contribution in [-0.4, -0.2) is 20.6 Å². The van der Waals surface area contributed by atoms with Crippen LogP contribution in [0.3, 0.4) is 0 Å². The lowest BCUT2D eigenvalue weighted by atomic mass is 10.3. The van der Waals surface area contributed by atoms with Gasteiger partial charge in [-0.1, -0.05) is 6.92 Å². The second kappa shape index (κ2) is 5.59. The second-order valence-corrected chi connectivity index (χ2v) is 2.62. The third-order valence-corrected chi connectivity index (χ3v) is 1.58. The number of carboxylic acid groups (broad SMARTS) is 1. The first kappa shape index (κ1) is 12.0. The maximum Gasteiger partial charge on any atom is 0.323 e. The molecule has 1 heterocycles. The van der Waals surface area contributed by atoms with Crippen molar-refractivity contribution in [3.05, 3.63) is 18.2 Å². The Morgan fingerprint density at radius 1 is 1.69 bits per heavy atom. The smallest absolute Gasteiger partial charge is 0.323 e. The number of nitrogens with zero attached hydrogens (tertiary/aromatic N) is 2. The number of carboxylic acids is 1. The van der Waals surface area contributed by atoms with Gasteiger partial charge in [-0.3, -0.25) is 4.79 Å². The Bertz CT molecular complexity index is 273. The van der Waals surface area contributed by atoms with Crippen LogP contribution in [0, 0.1) is 0 Å². The molecule has 0 aliphatic heterocycles. The molecule has 13 heavy (non-hydrogen) atoms. The molecule has 1 aromatic heterocycles. The van der Waals surface area contributed by atoms with E-state index in [0.717, 1.165) is 18.7 Å². The monoisotopic (exact) mass is 204 g/mol. The van der Waals surface area contributed by atoms with Crippen molar-refractivity contribution >= 4 is 18.4 Å². The summed E-state index contributed by atoms with van der Waals surface area (Å²) in [4.78, 5) is 14.4. The minimum Gasteiger partial charge on any atom is -0.480 e. The largest absolute Gasteiger partial charge is 0.480 e. The fourth-order valence-electron chi connectivity index (χ4n) is 1.08. The first-order valence-electron chi connectivity index (χ1n) is 3.96. The van der Waals surface area contributed by atoms with E-state index >= 15 is 0 Å². The first-order valence-corrected chi connectivity index (χ1v) is 3.96. The highest BCUT2D eigenvalue weighted by atomic mass is 35.5. The number of aromatic nitrogens is 2. The number of hydrogen-bond donors (Lipinski definition) is 1. The molecule has 5 heteroatoms. The molecule has 4 nitrogen and oxygen atoms in total. The van der Waals surface area contributed by atoms with Crippen LogP contribution in [0.25, 0.3) is 0 Å². The van der Waals surface area contributed by atoms with Crippen molar-refractivity contribution in [2.75, 3.05) is 0 Å². The van der Waals surface area contributed by atoms with E-state index in [1.165, 1.54) is 0 Å². The molecule has 0 fully saturated rings. The normalized spacial score (nSPS) is 9.31. The van der Waals surface area contributed by atoms with Crippen molar-refractivity contribution in [1.29, 1.82) is 0 Å². The van der Waals surface area contributed by atoms with Gasteiger partial charge < -0.3 is 9.67 Å². The maximum absolute atomic E-state index is 10.4. The molecule has 1 rings (SSSR count). The number of aliphatic carboxylic acids is 1. The molecule has 0 amide bonds. The fourth-order valence-corrected chi connectivity index (χ4v) is 1.08. The average Bonchev–Trinajstić information content (AvgIpc) is 2.37. The molecule has 0 unspecified atom stereocenters. The Kier molecular flexibility index (Phi) is 5.14. The zero-order valence-electron chi connectivity index (χ0n) is 7.43. The van der Waals surface area contributed by atoms with Crippen molar-refractivity contribution in [3.8, 4) is 0 Å². The number of halogens is 1. The Labute approximate surface area is 83.0 Å². The van der Waals surface area contributed by atoms with Crippen LogP contribution in [0.5, 0.6) is 0 Å². The SMILES string of the molecule is CCCc1nccn1CC(=O)O.Cl. The van der Waals surface area contributed by atoms with Crippen molar-refractivity contribution in [2.45, 2.75) is 26.3 Å². The summed E-state index contributed by atoms with van der Waals surface area (Å²) in [7, 11) is 0. The number of aryl methyl sites for hydroxylation is 1. The van der Waals surface area contributed by atoms with E-state index in [1.807, 2.05) is 6.92 Å². The van der Waals surface area contributed by atoms with E-state index in [-0.39, 0.29) is 19.0 Å². The summed E-state index contributed by atoms with van der Waals surface area (Å²) in [6.07, 6.45) is 5.14. The van der Waals surface area contributed by atoms with Gasteiger partial charge in [0.15, 0.2) is 0 Å². The molecule has 0 bridgehead atoms. The Morgan fingerprint density at radius 2 is 2.38 bits per heavy atom. The third kappa shape index (κ3) is 3.46. The molecule has 0 saturated carbocycles. The van der Waals surface area contributed by atoms with Gasteiger partial charge in [0.2, 0.25) is 0 Å². The average molecular weight is 205 g/mol. The van der Waals surface area contributed by atoms with E-state index in [9.17, 15) is 4.79 Å². The van der Waals surface area contributed by atoms with E-state index in [1.54, 1.807) is 17.0 Å². The van der Waals surface area contributed by atoms with E-state index in [2.05, 4.69) is 4.98 Å². The van der Waals surface area contributed by atoms with Gasteiger partial charge in [-0.15, -0.1) is 12.4 Å². The molecule has 0 saturated heterocycles. The number of hydrogen-bond acceptors (Lipinski definition) is 2. The van der Waals surface area contributed by atoms with Crippen LogP contribution in [-0.2, 0) is 17.8 Å². The van der Waals surface area contributed by atoms with Crippen molar-refractivity contribution in [1.82, 2.24) is 9.55 Å². The van der Waals surface area contributed by atoms with E-state index < -0.39 is 5.97 Å². The van der Waals surface area contributed by atoms with Gasteiger partial charge in [0.1, 0.15) is 12.4 Å². The second-order valence-electron chi connectivity index (χ2n) is 2.62. The topological polar surface area (TPSA) is 55.1 Å². The van der Waals surface area contributed by atoms with Gasteiger partial charge in [-0.25, -0.2) is 4.98 Å². The zero-order valence-corrected chi connectivity index (χ0v) is 8.25. The van der Waals surface area contributed by atoms with Gasteiger partial charge in [-0.05, 0) is 6.42 Å². The third-order valence-electron chi connectivity index (χ3n) is 1.58. The molecule has 0 radical (unpaired) electrons. The molecule has 1 aromatic rings. The summed E-state index contributed by atoms with van der Waals surface area (Å²) < 4.78 is 1.66. The highest BCUT2D eigenvalue weighted by Gasteiger charge is 2.04. The lowest BCUT2D eigenvalue weighted by molar-refractivity contribution is -0.137. The Balaban J connectivity index is 0.00000144. The number of carbonyl (C=O) groups is 1. The maximum atomic E-state index is 10.4. The Hall–Kier alpha value is -1.03. The molecule has 0 atom stereocenters. The summed E-state index contributed by atoms with van der Waals surface area (Å²) in [6.45, 7) is 2.05. The van der Waals surface area contributed by atoms with Crippen LogP contribution >= 0.6 is 12.4 Å². The van der Waals surface area contributed by atoms with Gasteiger partial charge in [0.25, 0.3) is 0 Å².